The lowest BCUT2D eigenvalue weighted by molar-refractivity contribution is 0.0389. The van der Waals surface area contributed by atoms with E-state index in [0.29, 0.717) is 6.54 Å². The van der Waals surface area contributed by atoms with E-state index in [4.69, 9.17) is 14.5 Å². The van der Waals surface area contributed by atoms with Gasteiger partial charge < -0.3 is 24.7 Å². The maximum atomic E-state index is 5.75. The Morgan fingerprint density at radius 2 is 2.00 bits per heavy atom. The molecule has 32 heavy (non-hydrogen) atoms. The van der Waals surface area contributed by atoms with Crippen LogP contribution in [0.5, 0.6) is 5.75 Å². The number of benzene rings is 1. The van der Waals surface area contributed by atoms with Gasteiger partial charge in [-0.2, -0.15) is 0 Å². The summed E-state index contributed by atoms with van der Waals surface area (Å²) in [6.45, 7) is 11.4. The number of rotatable bonds is 11. The van der Waals surface area contributed by atoms with E-state index >= 15 is 0 Å². The van der Waals surface area contributed by atoms with E-state index in [1.54, 1.807) is 0 Å². The number of ether oxygens (including phenoxy) is 2. The molecule has 9 nitrogen and oxygen atoms in total. The first kappa shape index (κ1) is 24.0. The highest BCUT2D eigenvalue weighted by atomic mass is 16.5. The number of guanidine groups is 1. The van der Waals surface area contributed by atoms with Gasteiger partial charge in [0.15, 0.2) is 11.8 Å². The van der Waals surface area contributed by atoms with Crippen molar-refractivity contribution in [3.05, 3.63) is 41.5 Å². The molecule has 0 spiro atoms. The molecule has 1 aliphatic rings. The highest BCUT2D eigenvalue weighted by Crippen LogP contribution is 2.13. The lowest BCUT2D eigenvalue weighted by Gasteiger charge is -2.26. The molecule has 2 N–H and O–H groups in total. The van der Waals surface area contributed by atoms with Crippen LogP contribution in [0.3, 0.4) is 0 Å². The van der Waals surface area contributed by atoms with Gasteiger partial charge >= 0.3 is 0 Å². The van der Waals surface area contributed by atoms with E-state index in [2.05, 4.69) is 44.8 Å². The number of hydrogen-bond donors (Lipinski definition) is 2. The van der Waals surface area contributed by atoms with E-state index in [0.717, 1.165) is 88.7 Å². The van der Waals surface area contributed by atoms with Gasteiger partial charge in [0.1, 0.15) is 18.1 Å². The normalized spacial score (nSPS) is 15.0. The first-order chi connectivity index (χ1) is 15.7. The standard InChI is InChI=1S/C23H37N7O2/c1-4-14-32-21-7-5-6-20(17-21)8-9-24-23(25-10-11-30-12-15-31-16-13-30)26-18-22-28-27-19(2)29(22)3/h5-7,17H,4,8-16,18H2,1-3H3,(H2,24,25,26). The molecular weight excluding hydrogens is 406 g/mol. The second-order valence-corrected chi connectivity index (χ2v) is 7.94. The fourth-order valence-corrected chi connectivity index (χ4v) is 3.41. The predicted octanol–water partition coefficient (Wildman–Crippen LogP) is 1.52. The van der Waals surface area contributed by atoms with Crippen LogP contribution in [0.25, 0.3) is 0 Å². The molecule has 0 amide bonds. The summed E-state index contributed by atoms with van der Waals surface area (Å²) in [5, 5.41) is 15.3. The van der Waals surface area contributed by atoms with Crippen molar-refractivity contribution in [2.45, 2.75) is 33.2 Å². The van der Waals surface area contributed by atoms with E-state index in [-0.39, 0.29) is 0 Å². The molecule has 0 saturated carbocycles. The lowest BCUT2D eigenvalue weighted by atomic mass is 10.1. The Morgan fingerprint density at radius 3 is 2.75 bits per heavy atom. The Hall–Kier alpha value is -2.65. The number of morpholine rings is 1. The average Bonchev–Trinajstić information content (AvgIpc) is 3.14. The van der Waals surface area contributed by atoms with Crippen LogP contribution in [0.1, 0.15) is 30.6 Å². The van der Waals surface area contributed by atoms with Crippen molar-refractivity contribution in [1.29, 1.82) is 0 Å². The molecule has 1 fully saturated rings. The molecule has 1 aromatic carbocycles. The van der Waals surface area contributed by atoms with E-state index < -0.39 is 0 Å². The fraction of sp³-hybridized carbons (Fsp3) is 0.609. The summed E-state index contributed by atoms with van der Waals surface area (Å²) in [6, 6.07) is 8.30. The van der Waals surface area contributed by atoms with Crippen LogP contribution in [0.15, 0.2) is 29.3 Å². The third-order valence-corrected chi connectivity index (χ3v) is 5.46. The minimum absolute atomic E-state index is 0.477. The summed E-state index contributed by atoms with van der Waals surface area (Å²) in [4.78, 5) is 7.15. The minimum atomic E-state index is 0.477. The van der Waals surface area contributed by atoms with Gasteiger partial charge in [0, 0.05) is 39.8 Å². The first-order valence-electron chi connectivity index (χ1n) is 11.5. The third kappa shape index (κ3) is 7.80. The second-order valence-electron chi connectivity index (χ2n) is 7.94. The minimum Gasteiger partial charge on any atom is -0.494 e. The first-order valence-corrected chi connectivity index (χ1v) is 11.5. The maximum absolute atomic E-state index is 5.75. The number of nitrogens with one attached hydrogen (secondary N) is 2. The molecule has 3 rings (SSSR count). The van der Waals surface area contributed by atoms with Crippen LogP contribution in [0.2, 0.25) is 0 Å². The Labute approximate surface area is 191 Å². The van der Waals surface area contributed by atoms with Crippen LogP contribution in [-0.4, -0.2) is 78.2 Å². The number of aromatic nitrogens is 3. The molecule has 0 bridgehead atoms. The summed E-state index contributed by atoms with van der Waals surface area (Å²) in [6.07, 6.45) is 1.89. The van der Waals surface area contributed by atoms with E-state index in [1.165, 1.54) is 5.56 Å². The molecule has 2 heterocycles. The van der Waals surface area contributed by atoms with Gasteiger partial charge in [-0.25, -0.2) is 4.99 Å². The Balaban J connectivity index is 1.53. The van der Waals surface area contributed by atoms with Crippen LogP contribution in [-0.2, 0) is 24.8 Å². The Bertz CT molecular complexity index is 847. The van der Waals surface area contributed by atoms with Gasteiger partial charge in [0.05, 0.1) is 19.8 Å². The number of aryl methyl sites for hydroxylation is 1. The predicted molar refractivity (Wildman–Crippen MR) is 126 cm³/mol. The summed E-state index contributed by atoms with van der Waals surface area (Å²) in [7, 11) is 1.97. The van der Waals surface area contributed by atoms with Gasteiger partial charge in [0.25, 0.3) is 0 Å². The van der Waals surface area contributed by atoms with Crippen molar-refractivity contribution in [1.82, 2.24) is 30.3 Å². The smallest absolute Gasteiger partial charge is 0.191 e. The van der Waals surface area contributed by atoms with E-state index in [9.17, 15) is 0 Å². The van der Waals surface area contributed by atoms with Crippen molar-refractivity contribution in [3.63, 3.8) is 0 Å². The zero-order valence-electron chi connectivity index (χ0n) is 19.6. The summed E-state index contributed by atoms with van der Waals surface area (Å²) in [5.74, 6) is 3.45. The fourth-order valence-electron chi connectivity index (χ4n) is 3.41. The number of hydrogen-bond acceptors (Lipinski definition) is 6. The van der Waals surface area contributed by atoms with Gasteiger partial charge in [-0.3, -0.25) is 4.90 Å². The third-order valence-electron chi connectivity index (χ3n) is 5.46. The summed E-state index contributed by atoms with van der Waals surface area (Å²) >= 11 is 0. The van der Waals surface area contributed by atoms with Crippen molar-refractivity contribution in [2.24, 2.45) is 12.0 Å². The molecule has 0 atom stereocenters. The molecule has 0 unspecified atom stereocenters. The summed E-state index contributed by atoms with van der Waals surface area (Å²) < 4.78 is 13.1. The monoisotopic (exact) mass is 443 g/mol. The zero-order valence-corrected chi connectivity index (χ0v) is 19.6. The molecule has 1 aliphatic heterocycles. The van der Waals surface area contributed by atoms with Gasteiger partial charge in [-0.1, -0.05) is 19.1 Å². The molecule has 0 radical (unpaired) electrons. The highest BCUT2D eigenvalue weighted by Gasteiger charge is 2.10. The Morgan fingerprint density at radius 1 is 1.19 bits per heavy atom. The molecule has 1 aromatic heterocycles. The van der Waals surface area contributed by atoms with Crippen molar-refractivity contribution < 1.29 is 9.47 Å². The summed E-state index contributed by atoms with van der Waals surface area (Å²) in [5.41, 5.74) is 1.24. The van der Waals surface area contributed by atoms with E-state index in [1.807, 2.05) is 30.7 Å². The molecule has 176 valence electrons. The van der Waals surface area contributed by atoms with Crippen LogP contribution >= 0.6 is 0 Å². The quantitative estimate of drug-likeness (QED) is 0.402. The number of nitrogens with zero attached hydrogens (tertiary/aromatic N) is 5. The van der Waals surface area contributed by atoms with Crippen molar-refractivity contribution in [3.8, 4) is 5.75 Å². The molecule has 2 aromatic rings. The molecular formula is C23H37N7O2. The van der Waals surface area contributed by atoms with Crippen LogP contribution in [0, 0.1) is 6.92 Å². The lowest BCUT2D eigenvalue weighted by Crippen LogP contribution is -2.44. The van der Waals surface area contributed by atoms with Gasteiger partial charge in [-0.05, 0) is 37.5 Å². The largest absolute Gasteiger partial charge is 0.494 e. The van der Waals surface area contributed by atoms with Crippen LogP contribution < -0.4 is 15.4 Å². The molecule has 1 saturated heterocycles. The van der Waals surface area contributed by atoms with Crippen molar-refractivity contribution >= 4 is 5.96 Å². The van der Waals surface area contributed by atoms with Gasteiger partial charge in [-0.15, -0.1) is 10.2 Å². The molecule has 9 heteroatoms. The Kier molecular flexibility index (Phi) is 9.77. The van der Waals surface area contributed by atoms with Crippen LogP contribution in [0.4, 0.5) is 0 Å². The van der Waals surface area contributed by atoms with Gasteiger partial charge in [0.2, 0.25) is 0 Å². The second kappa shape index (κ2) is 13.0. The molecule has 0 aliphatic carbocycles. The maximum Gasteiger partial charge on any atom is 0.191 e. The highest BCUT2D eigenvalue weighted by molar-refractivity contribution is 5.79. The van der Waals surface area contributed by atoms with Crippen molar-refractivity contribution in [2.75, 3.05) is 52.5 Å². The SMILES string of the molecule is CCCOc1cccc(CCNC(=NCc2nnc(C)n2C)NCCN2CCOCC2)c1. The topological polar surface area (TPSA) is 88.8 Å². The zero-order chi connectivity index (χ0) is 22.6. The number of aliphatic imine (C=N–C) groups is 1. The average molecular weight is 444 g/mol.